The number of hydrogen-bond donors (Lipinski definition) is 0. The van der Waals surface area contributed by atoms with Crippen LogP contribution in [0.3, 0.4) is 0 Å². The quantitative estimate of drug-likeness (QED) is 0.401. The average molecular weight is 445 g/mol. The van der Waals surface area contributed by atoms with Crippen LogP contribution in [-0.4, -0.2) is 24.5 Å². The van der Waals surface area contributed by atoms with Gasteiger partial charge in [0.05, 0.1) is 28.5 Å². The van der Waals surface area contributed by atoms with Crippen LogP contribution in [0.1, 0.15) is 62.3 Å². The Morgan fingerprint density at radius 3 is 2.52 bits per heavy atom. The van der Waals surface area contributed by atoms with Crippen molar-refractivity contribution in [3.8, 4) is 0 Å². The molecule has 1 aliphatic rings. The molecule has 1 saturated carbocycles. The third kappa shape index (κ3) is 3.81. The molecular weight excluding hydrogens is 416 g/mol. The minimum atomic E-state index is -0.284. The lowest BCUT2D eigenvalue weighted by Crippen LogP contribution is -2.40. The minimum Gasteiger partial charge on any atom is -0.326 e. The first kappa shape index (κ1) is 21.4. The summed E-state index contributed by atoms with van der Waals surface area (Å²) >= 11 is 0. The fraction of sp³-hybridized carbons (Fsp3) is 0.385. The van der Waals surface area contributed by atoms with E-state index in [0.29, 0.717) is 22.4 Å². The van der Waals surface area contributed by atoms with Crippen LogP contribution in [0.4, 0.5) is 0 Å². The zero-order valence-electron chi connectivity index (χ0n) is 19.2. The Labute approximate surface area is 191 Å². The summed E-state index contributed by atoms with van der Waals surface area (Å²) in [5, 5.41) is 0.549. The van der Waals surface area contributed by atoms with E-state index in [9.17, 15) is 14.4 Å². The number of nitrogens with zero attached hydrogens (tertiary/aromatic N) is 4. The summed E-state index contributed by atoms with van der Waals surface area (Å²) in [5.74, 6) is 1.25. The number of benzene rings is 2. The van der Waals surface area contributed by atoms with Gasteiger partial charge in [-0.3, -0.25) is 18.7 Å². The van der Waals surface area contributed by atoms with Gasteiger partial charge in [0.1, 0.15) is 5.82 Å². The van der Waals surface area contributed by atoms with Gasteiger partial charge in [0.25, 0.3) is 5.56 Å². The normalized spacial score (nSPS) is 13.9. The van der Waals surface area contributed by atoms with Crippen LogP contribution in [0.2, 0.25) is 0 Å². The summed E-state index contributed by atoms with van der Waals surface area (Å²) in [6.07, 6.45) is 2.67. The highest BCUT2D eigenvalue weighted by molar-refractivity contribution is 5.97. The number of Topliss-reactive ketones (excluding diaryl/α,β-unsaturated/α-hetero) is 1. The first-order valence-electron chi connectivity index (χ1n) is 11.6. The number of fused-ring (bicyclic) bond motifs is 2. The van der Waals surface area contributed by atoms with E-state index in [0.717, 1.165) is 42.7 Å². The smallest absolute Gasteiger partial charge is 0.326 e. The van der Waals surface area contributed by atoms with Crippen molar-refractivity contribution in [2.45, 2.75) is 59.2 Å². The fourth-order valence-corrected chi connectivity index (χ4v) is 4.44. The molecule has 7 heteroatoms. The van der Waals surface area contributed by atoms with E-state index in [1.807, 2.05) is 36.4 Å². The molecule has 1 aliphatic carbocycles. The maximum absolute atomic E-state index is 13.5. The van der Waals surface area contributed by atoms with Crippen molar-refractivity contribution in [1.82, 2.24) is 18.7 Å². The topological polar surface area (TPSA) is 78.9 Å². The second-order valence-electron chi connectivity index (χ2n) is 9.41. The van der Waals surface area contributed by atoms with Crippen LogP contribution in [0.15, 0.2) is 52.1 Å². The summed E-state index contributed by atoms with van der Waals surface area (Å²) < 4.78 is 5.23. The van der Waals surface area contributed by atoms with Gasteiger partial charge < -0.3 is 4.57 Å². The number of para-hydroxylation sites is 1. The summed E-state index contributed by atoms with van der Waals surface area (Å²) in [7, 11) is 0. The molecule has 0 unspecified atom stereocenters. The molecule has 2 heterocycles. The van der Waals surface area contributed by atoms with Crippen molar-refractivity contribution >= 4 is 27.7 Å². The molecule has 0 saturated heterocycles. The molecule has 33 heavy (non-hydrogen) atoms. The molecule has 7 nitrogen and oxygen atoms in total. The van der Waals surface area contributed by atoms with Crippen LogP contribution in [0.5, 0.6) is 0 Å². The summed E-state index contributed by atoms with van der Waals surface area (Å²) in [5.41, 5.74) is 2.43. The Kier molecular flexibility index (Phi) is 5.27. The highest BCUT2D eigenvalue weighted by Crippen LogP contribution is 2.32. The molecule has 2 aromatic carbocycles. The van der Waals surface area contributed by atoms with Gasteiger partial charge in [-0.15, -0.1) is 0 Å². The number of aryl methyl sites for hydroxylation is 1. The van der Waals surface area contributed by atoms with Gasteiger partial charge in [0.15, 0.2) is 5.78 Å². The molecule has 5 rings (SSSR count). The average Bonchev–Trinajstić information content (AvgIpc) is 3.56. The summed E-state index contributed by atoms with van der Waals surface area (Å²) in [6, 6.07) is 12.9. The molecule has 0 spiro atoms. The second kappa shape index (κ2) is 8.14. The number of aromatic nitrogens is 4. The summed E-state index contributed by atoms with van der Waals surface area (Å²) in [6.45, 7) is 6.92. The van der Waals surface area contributed by atoms with Crippen molar-refractivity contribution in [1.29, 1.82) is 0 Å². The van der Waals surface area contributed by atoms with E-state index in [1.54, 1.807) is 17.6 Å². The van der Waals surface area contributed by atoms with Crippen molar-refractivity contribution in [2.24, 2.45) is 5.92 Å². The zero-order valence-corrected chi connectivity index (χ0v) is 19.2. The highest BCUT2D eigenvalue weighted by Gasteiger charge is 2.29. The molecule has 0 atom stereocenters. The molecule has 0 amide bonds. The Morgan fingerprint density at radius 2 is 1.82 bits per heavy atom. The van der Waals surface area contributed by atoms with Gasteiger partial charge in [0.2, 0.25) is 0 Å². The number of carbonyl (C=O) groups is 1. The molecule has 0 N–H and O–H groups in total. The standard InChI is InChI=1S/C26H28N4O3/c1-16(2)12-13-28-23-11-8-18(17(3)31)14-21(23)27-24(28)15-29-22-7-5-4-6-20(22)25(32)30(26(29)33)19-9-10-19/h4-8,11,14,16,19H,9-10,12-13,15H2,1-3H3. The monoisotopic (exact) mass is 444 g/mol. The van der Waals surface area contributed by atoms with Crippen LogP contribution < -0.4 is 11.2 Å². The molecule has 0 radical (unpaired) electrons. The van der Waals surface area contributed by atoms with Gasteiger partial charge in [-0.1, -0.05) is 26.0 Å². The van der Waals surface area contributed by atoms with Crippen molar-refractivity contribution < 1.29 is 4.79 Å². The first-order valence-corrected chi connectivity index (χ1v) is 11.6. The number of rotatable bonds is 7. The molecule has 4 aromatic rings. The van der Waals surface area contributed by atoms with Crippen molar-refractivity contribution in [3.05, 3.63) is 74.7 Å². The third-order valence-electron chi connectivity index (χ3n) is 6.46. The molecule has 0 aliphatic heterocycles. The fourth-order valence-electron chi connectivity index (χ4n) is 4.44. The SMILES string of the molecule is CC(=O)c1ccc2c(c1)nc(Cn1c(=O)n(C3CC3)c(=O)c3ccccc31)n2CCC(C)C. The predicted octanol–water partition coefficient (Wildman–Crippen LogP) is 4.14. The molecule has 2 aromatic heterocycles. The largest absolute Gasteiger partial charge is 0.332 e. The van der Waals surface area contributed by atoms with E-state index in [-0.39, 0.29) is 29.6 Å². The van der Waals surface area contributed by atoms with Crippen LogP contribution in [0.25, 0.3) is 21.9 Å². The number of hydrogen-bond acceptors (Lipinski definition) is 4. The van der Waals surface area contributed by atoms with Gasteiger partial charge in [-0.05, 0) is 62.4 Å². The number of ketones is 1. The zero-order chi connectivity index (χ0) is 23.3. The first-order chi connectivity index (χ1) is 15.8. The van der Waals surface area contributed by atoms with Crippen LogP contribution in [0, 0.1) is 5.92 Å². The molecule has 0 bridgehead atoms. The van der Waals surface area contributed by atoms with Crippen LogP contribution in [-0.2, 0) is 13.1 Å². The molecule has 170 valence electrons. The lowest BCUT2D eigenvalue weighted by Gasteiger charge is -2.15. The van der Waals surface area contributed by atoms with Crippen LogP contribution >= 0.6 is 0 Å². The van der Waals surface area contributed by atoms with E-state index in [1.165, 1.54) is 4.57 Å². The van der Waals surface area contributed by atoms with E-state index in [2.05, 4.69) is 18.4 Å². The Hall–Kier alpha value is -3.48. The van der Waals surface area contributed by atoms with Crippen molar-refractivity contribution in [3.63, 3.8) is 0 Å². The van der Waals surface area contributed by atoms with Gasteiger partial charge in [-0.2, -0.15) is 0 Å². The third-order valence-corrected chi connectivity index (χ3v) is 6.46. The van der Waals surface area contributed by atoms with E-state index >= 15 is 0 Å². The Balaban J connectivity index is 1.70. The van der Waals surface area contributed by atoms with E-state index < -0.39 is 0 Å². The van der Waals surface area contributed by atoms with Gasteiger partial charge in [-0.25, -0.2) is 9.78 Å². The number of imidazole rings is 1. The predicted molar refractivity (Wildman–Crippen MR) is 129 cm³/mol. The van der Waals surface area contributed by atoms with Gasteiger partial charge >= 0.3 is 5.69 Å². The second-order valence-corrected chi connectivity index (χ2v) is 9.41. The lowest BCUT2D eigenvalue weighted by atomic mass is 10.1. The Bertz CT molecular complexity index is 1500. The molecular formula is C26H28N4O3. The van der Waals surface area contributed by atoms with Gasteiger partial charge in [0, 0.05) is 18.2 Å². The summed E-state index contributed by atoms with van der Waals surface area (Å²) in [4.78, 5) is 43.2. The number of carbonyl (C=O) groups excluding carboxylic acids is 1. The lowest BCUT2D eigenvalue weighted by molar-refractivity contribution is 0.101. The Morgan fingerprint density at radius 1 is 1.06 bits per heavy atom. The maximum atomic E-state index is 13.5. The minimum absolute atomic E-state index is 0.00564. The van der Waals surface area contributed by atoms with Crippen molar-refractivity contribution in [2.75, 3.05) is 0 Å². The molecule has 1 fully saturated rings. The maximum Gasteiger partial charge on any atom is 0.332 e. The van der Waals surface area contributed by atoms with E-state index in [4.69, 9.17) is 4.98 Å². The highest BCUT2D eigenvalue weighted by atomic mass is 16.2.